The van der Waals surface area contributed by atoms with Crippen LogP contribution in [0.5, 0.6) is 0 Å². The topological polar surface area (TPSA) is 95.2 Å². The lowest BCUT2D eigenvalue weighted by atomic mass is 10.1. The Morgan fingerprint density at radius 3 is 3.04 bits per heavy atom. The van der Waals surface area contributed by atoms with Crippen LogP contribution in [0.1, 0.15) is 19.3 Å². The van der Waals surface area contributed by atoms with Gasteiger partial charge in [-0.3, -0.25) is 4.79 Å². The fourth-order valence-corrected chi connectivity index (χ4v) is 3.47. The molecule has 2 aromatic rings. The van der Waals surface area contributed by atoms with Crippen molar-refractivity contribution >= 4 is 38.6 Å². The normalized spacial score (nSPS) is 17.8. The number of urea groups is 1. The van der Waals surface area contributed by atoms with E-state index in [4.69, 9.17) is 0 Å². The van der Waals surface area contributed by atoms with Crippen molar-refractivity contribution in [2.24, 2.45) is 0 Å². The first-order chi connectivity index (χ1) is 11.7. The number of thiazole rings is 1. The number of amides is 3. The van der Waals surface area contributed by atoms with Crippen LogP contribution in [0, 0.1) is 0 Å². The Balaban J connectivity index is 1.39. The highest BCUT2D eigenvalue weighted by Gasteiger charge is 2.21. The van der Waals surface area contributed by atoms with E-state index in [1.54, 1.807) is 11.3 Å². The van der Waals surface area contributed by atoms with Gasteiger partial charge >= 0.3 is 6.03 Å². The number of carbonyl (C=O) groups excluding carboxylic acids is 2. The minimum absolute atomic E-state index is 0.102. The summed E-state index contributed by atoms with van der Waals surface area (Å²) in [5, 5.41) is 12.3. The Labute approximate surface area is 144 Å². The maximum absolute atomic E-state index is 11.9. The fraction of sp³-hybridized carbons (Fsp3) is 0.438. The summed E-state index contributed by atoms with van der Waals surface area (Å²) in [5.74, 6) is -0.102. The van der Waals surface area contributed by atoms with E-state index in [1.165, 1.54) is 0 Å². The molecule has 0 aliphatic carbocycles. The minimum Gasteiger partial charge on any atom is -0.360 e. The molecule has 0 saturated carbocycles. The molecule has 0 spiro atoms. The Kier molecular flexibility index (Phi) is 5.47. The second-order valence-corrected chi connectivity index (χ2v) is 6.68. The fourth-order valence-electron chi connectivity index (χ4n) is 2.58. The molecule has 1 atom stereocenters. The zero-order valence-electron chi connectivity index (χ0n) is 13.3. The molecule has 1 saturated heterocycles. The molecule has 3 amide bonds. The molecule has 1 aromatic heterocycles. The van der Waals surface area contributed by atoms with Crippen molar-refractivity contribution in [1.82, 2.24) is 20.9 Å². The molecule has 1 unspecified atom stereocenters. The lowest BCUT2D eigenvalue weighted by Gasteiger charge is -2.15. The van der Waals surface area contributed by atoms with Crippen molar-refractivity contribution in [3.8, 4) is 0 Å². The molecule has 4 N–H and O–H groups in total. The van der Waals surface area contributed by atoms with Gasteiger partial charge in [0.05, 0.1) is 10.2 Å². The Morgan fingerprint density at radius 1 is 1.29 bits per heavy atom. The Bertz CT molecular complexity index is 684. The average Bonchev–Trinajstić information content (AvgIpc) is 2.89. The van der Waals surface area contributed by atoms with E-state index < -0.39 is 6.04 Å². The minimum atomic E-state index is -0.440. The molecule has 0 bridgehead atoms. The number of aromatic nitrogens is 1. The van der Waals surface area contributed by atoms with Crippen LogP contribution in [0.3, 0.4) is 0 Å². The first kappa shape index (κ1) is 16.5. The lowest BCUT2D eigenvalue weighted by molar-refractivity contribution is -0.122. The smallest absolute Gasteiger partial charge is 0.315 e. The van der Waals surface area contributed by atoms with Gasteiger partial charge in [0.15, 0.2) is 5.13 Å². The van der Waals surface area contributed by atoms with E-state index in [0.29, 0.717) is 26.1 Å². The van der Waals surface area contributed by atoms with Crippen LogP contribution in [0.15, 0.2) is 24.3 Å². The number of anilines is 1. The monoisotopic (exact) mass is 347 g/mol. The molecule has 1 aromatic carbocycles. The number of hydrogen-bond donors (Lipinski definition) is 4. The van der Waals surface area contributed by atoms with E-state index in [9.17, 15) is 9.59 Å². The quantitative estimate of drug-likeness (QED) is 0.619. The second kappa shape index (κ2) is 7.96. The Morgan fingerprint density at radius 2 is 2.17 bits per heavy atom. The highest BCUT2D eigenvalue weighted by Crippen LogP contribution is 2.24. The van der Waals surface area contributed by atoms with Gasteiger partial charge in [-0.2, -0.15) is 0 Å². The molecular weight excluding hydrogens is 326 g/mol. The third-order valence-corrected chi connectivity index (χ3v) is 4.82. The van der Waals surface area contributed by atoms with Crippen molar-refractivity contribution in [2.75, 3.05) is 25.0 Å². The SMILES string of the molecule is O=C(NCCNc1nc2ccccc2s1)NC1CCCCNC1=O. The molecular formula is C16H21N5O2S. The van der Waals surface area contributed by atoms with Gasteiger partial charge in [0.25, 0.3) is 0 Å². The molecule has 0 radical (unpaired) electrons. The molecule has 1 fully saturated rings. The van der Waals surface area contributed by atoms with Gasteiger partial charge in [0, 0.05) is 19.6 Å². The molecule has 8 heteroatoms. The zero-order chi connectivity index (χ0) is 16.8. The van der Waals surface area contributed by atoms with Crippen LogP contribution < -0.4 is 21.3 Å². The summed E-state index contributed by atoms with van der Waals surface area (Å²) in [7, 11) is 0. The number of hydrogen-bond acceptors (Lipinski definition) is 5. The van der Waals surface area contributed by atoms with Crippen LogP contribution in [0.2, 0.25) is 0 Å². The largest absolute Gasteiger partial charge is 0.360 e. The van der Waals surface area contributed by atoms with Gasteiger partial charge in [-0.1, -0.05) is 23.5 Å². The molecule has 7 nitrogen and oxygen atoms in total. The summed E-state index contributed by atoms with van der Waals surface area (Å²) in [6.45, 7) is 1.71. The van der Waals surface area contributed by atoms with E-state index in [1.807, 2.05) is 24.3 Å². The van der Waals surface area contributed by atoms with Crippen LogP contribution in [0.25, 0.3) is 10.2 Å². The van der Waals surface area contributed by atoms with Crippen LogP contribution in [0.4, 0.5) is 9.93 Å². The van der Waals surface area contributed by atoms with Gasteiger partial charge < -0.3 is 21.3 Å². The molecule has 24 heavy (non-hydrogen) atoms. The number of carbonyl (C=O) groups is 2. The number of rotatable bonds is 5. The van der Waals surface area contributed by atoms with E-state index >= 15 is 0 Å². The van der Waals surface area contributed by atoms with Crippen molar-refractivity contribution < 1.29 is 9.59 Å². The number of benzene rings is 1. The van der Waals surface area contributed by atoms with E-state index in [2.05, 4.69) is 26.3 Å². The number of fused-ring (bicyclic) bond motifs is 1. The molecule has 2 heterocycles. The second-order valence-electron chi connectivity index (χ2n) is 5.65. The summed E-state index contributed by atoms with van der Waals surface area (Å²) >= 11 is 1.58. The van der Waals surface area contributed by atoms with Gasteiger partial charge in [0.2, 0.25) is 5.91 Å². The van der Waals surface area contributed by atoms with Gasteiger partial charge in [0.1, 0.15) is 6.04 Å². The third-order valence-electron chi connectivity index (χ3n) is 3.82. The zero-order valence-corrected chi connectivity index (χ0v) is 14.1. The highest BCUT2D eigenvalue weighted by molar-refractivity contribution is 7.22. The first-order valence-electron chi connectivity index (χ1n) is 8.14. The van der Waals surface area contributed by atoms with Crippen molar-refractivity contribution in [3.05, 3.63) is 24.3 Å². The maximum Gasteiger partial charge on any atom is 0.315 e. The van der Waals surface area contributed by atoms with Crippen LogP contribution in [-0.2, 0) is 4.79 Å². The maximum atomic E-state index is 11.9. The van der Waals surface area contributed by atoms with E-state index in [0.717, 1.165) is 28.2 Å². The van der Waals surface area contributed by atoms with Crippen LogP contribution in [-0.4, -0.2) is 42.6 Å². The standard InChI is InChI=1S/C16H21N5O2S/c22-14-12(6-3-4-8-17-14)20-15(23)18-9-10-19-16-21-11-5-1-2-7-13(11)24-16/h1-2,5,7,12H,3-4,6,8-10H2,(H,17,22)(H,19,21)(H2,18,20,23). The number of nitrogens with zero attached hydrogens (tertiary/aromatic N) is 1. The van der Waals surface area contributed by atoms with Crippen LogP contribution >= 0.6 is 11.3 Å². The van der Waals surface area contributed by atoms with E-state index in [-0.39, 0.29) is 11.9 Å². The lowest BCUT2D eigenvalue weighted by Crippen LogP contribution is -2.49. The molecule has 1 aliphatic heterocycles. The highest BCUT2D eigenvalue weighted by atomic mass is 32.1. The summed E-state index contributed by atoms with van der Waals surface area (Å²) in [6.07, 6.45) is 2.57. The van der Waals surface area contributed by atoms with Gasteiger partial charge in [-0.05, 0) is 31.4 Å². The third kappa shape index (κ3) is 4.35. The van der Waals surface area contributed by atoms with Crippen molar-refractivity contribution in [3.63, 3.8) is 0 Å². The summed E-state index contributed by atoms with van der Waals surface area (Å²) < 4.78 is 1.13. The van der Waals surface area contributed by atoms with Crippen molar-refractivity contribution in [1.29, 1.82) is 0 Å². The molecule has 128 valence electrons. The number of nitrogens with one attached hydrogen (secondary N) is 4. The summed E-state index contributed by atoms with van der Waals surface area (Å²) in [4.78, 5) is 28.1. The summed E-state index contributed by atoms with van der Waals surface area (Å²) in [5.41, 5.74) is 0.968. The predicted molar refractivity (Wildman–Crippen MR) is 95.3 cm³/mol. The average molecular weight is 347 g/mol. The van der Waals surface area contributed by atoms with Crippen molar-refractivity contribution in [2.45, 2.75) is 25.3 Å². The van der Waals surface area contributed by atoms with Gasteiger partial charge in [-0.25, -0.2) is 9.78 Å². The summed E-state index contributed by atoms with van der Waals surface area (Å²) in [6, 6.07) is 7.19. The Hall–Kier alpha value is -2.35. The first-order valence-corrected chi connectivity index (χ1v) is 8.95. The molecule has 1 aliphatic rings. The number of para-hydroxylation sites is 1. The van der Waals surface area contributed by atoms with Gasteiger partial charge in [-0.15, -0.1) is 0 Å². The predicted octanol–water partition coefficient (Wildman–Crippen LogP) is 1.68. The molecule has 3 rings (SSSR count).